The first-order valence-corrected chi connectivity index (χ1v) is 28.7. The monoisotopic (exact) mass is 854 g/mol. The summed E-state index contributed by atoms with van der Waals surface area (Å²) in [6.07, 6.45) is 0. The van der Waals surface area contributed by atoms with Crippen LogP contribution in [0.2, 0.25) is 26.2 Å². The van der Waals surface area contributed by atoms with Crippen molar-refractivity contribution in [2.45, 2.75) is 40.0 Å². The molecule has 0 amide bonds. The van der Waals surface area contributed by atoms with Crippen LogP contribution in [0.5, 0.6) is 0 Å². The quantitative estimate of drug-likeness (QED) is 0.129. The minimum absolute atomic E-state index is 1.18. The lowest BCUT2D eigenvalue weighted by Gasteiger charge is -2.41. The predicted octanol–water partition coefficient (Wildman–Crippen LogP) is 14.3. The number of anilines is 6. The van der Waals surface area contributed by atoms with Gasteiger partial charge >= 0.3 is 0 Å². The van der Waals surface area contributed by atoms with E-state index < -0.39 is 16.1 Å². The molecular weight excluding hydrogens is 805 g/mol. The summed E-state index contributed by atoms with van der Waals surface area (Å²) in [6, 6.07) is 74.0. The van der Waals surface area contributed by atoms with E-state index in [2.05, 4.69) is 244 Å². The first-order valence-electron chi connectivity index (χ1n) is 22.7. The van der Waals surface area contributed by atoms with Gasteiger partial charge in [0, 0.05) is 34.1 Å². The predicted molar refractivity (Wildman–Crippen MR) is 282 cm³/mol. The summed E-state index contributed by atoms with van der Waals surface area (Å²) >= 11 is 0. The number of fused-ring (bicyclic) bond motifs is 7. The molecule has 12 rings (SSSR count). The van der Waals surface area contributed by atoms with Crippen LogP contribution in [-0.2, 0) is 0 Å². The molecule has 0 saturated carbocycles. The van der Waals surface area contributed by atoms with Crippen molar-refractivity contribution in [3.8, 4) is 22.3 Å². The van der Waals surface area contributed by atoms with E-state index in [0.717, 1.165) is 0 Å². The Morgan fingerprint density at radius 3 is 1.23 bits per heavy atom. The minimum atomic E-state index is -1.97. The molecule has 0 unspecified atom stereocenters. The normalized spacial score (nSPS) is 14.6. The highest BCUT2D eigenvalue weighted by molar-refractivity contribution is 7.03. The number of hydrogen-bond acceptors (Lipinski definition) is 2. The molecule has 4 heteroatoms. The van der Waals surface area contributed by atoms with Gasteiger partial charge in [-0.1, -0.05) is 183 Å². The molecule has 0 saturated heterocycles. The molecule has 308 valence electrons. The molecule has 0 bridgehead atoms. The van der Waals surface area contributed by atoms with Crippen molar-refractivity contribution in [3.63, 3.8) is 0 Å². The Kier molecular flexibility index (Phi) is 8.62. The molecule has 0 radical (unpaired) electrons. The van der Waals surface area contributed by atoms with E-state index in [1.54, 1.807) is 0 Å². The summed E-state index contributed by atoms with van der Waals surface area (Å²) in [6.45, 7) is 14.5. The van der Waals surface area contributed by atoms with Crippen LogP contribution in [0.15, 0.2) is 194 Å². The third-order valence-corrected chi connectivity index (χ3v) is 21.5. The summed E-state index contributed by atoms with van der Waals surface area (Å²) in [7, 11) is -3.94. The van der Waals surface area contributed by atoms with Crippen LogP contribution in [-0.4, -0.2) is 16.1 Å². The van der Waals surface area contributed by atoms with E-state index in [0.29, 0.717) is 0 Å². The van der Waals surface area contributed by atoms with Gasteiger partial charge in [0.1, 0.15) is 16.1 Å². The van der Waals surface area contributed by atoms with Crippen LogP contribution in [0.4, 0.5) is 34.1 Å². The zero-order chi connectivity index (χ0) is 43.5. The van der Waals surface area contributed by atoms with Gasteiger partial charge < -0.3 is 9.80 Å². The van der Waals surface area contributed by atoms with Gasteiger partial charge in [-0.3, -0.25) is 0 Å². The van der Waals surface area contributed by atoms with E-state index >= 15 is 0 Å². The summed E-state index contributed by atoms with van der Waals surface area (Å²) in [5, 5.41) is 13.4. The van der Waals surface area contributed by atoms with Crippen molar-refractivity contribution in [1.82, 2.24) is 0 Å². The maximum absolute atomic E-state index is 2.54. The smallest absolute Gasteiger partial charge is 0.117 e. The number of benzene rings is 10. The van der Waals surface area contributed by atoms with E-state index in [1.165, 1.54) is 121 Å². The maximum Gasteiger partial charge on any atom is 0.117 e. The van der Waals surface area contributed by atoms with Crippen molar-refractivity contribution in [2.24, 2.45) is 0 Å². The van der Waals surface area contributed by atoms with E-state index in [-0.39, 0.29) is 0 Å². The Morgan fingerprint density at radius 1 is 0.328 bits per heavy atom. The Hall–Kier alpha value is -6.99. The molecule has 0 aromatic heterocycles. The highest BCUT2D eigenvalue weighted by atomic mass is 28.3. The topological polar surface area (TPSA) is 6.48 Å². The van der Waals surface area contributed by atoms with Gasteiger partial charge in [-0.05, 0) is 138 Å². The van der Waals surface area contributed by atoms with Crippen molar-refractivity contribution >= 4 is 103 Å². The van der Waals surface area contributed by atoms with Crippen LogP contribution < -0.4 is 30.5 Å². The van der Waals surface area contributed by atoms with E-state index in [1.807, 2.05) is 0 Å². The van der Waals surface area contributed by atoms with Gasteiger partial charge in [-0.25, -0.2) is 0 Å². The molecule has 0 N–H and O–H groups in total. The molecule has 64 heavy (non-hydrogen) atoms. The lowest BCUT2D eigenvalue weighted by Crippen LogP contribution is -2.58. The fourth-order valence-corrected chi connectivity index (χ4v) is 17.5. The molecule has 0 aliphatic carbocycles. The lowest BCUT2D eigenvalue weighted by molar-refractivity contribution is 1.29. The third kappa shape index (κ3) is 5.69. The van der Waals surface area contributed by atoms with E-state index in [9.17, 15) is 0 Å². The average molecular weight is 855 g/mol. The number of aryl methyl sites for hydroxylation is 2. The Morgan fingerprint density at radius 2 is 0.734 bits per heavy atom. The van der Waals surface area contributed by atoms with Crippen LogP contribution in [0, 0.1) is 13.8 Å². The first-order chi connectivity index (χ1) is 31.1. The Bertz CT molecular complexity index is 3440. The number of hydrogen-bond donors (Lipinski definition) is 0. The van der Waals surface area contributed by atoms with Crippen molar-refractivity contribution in [2.75, 3.05) is 9.80 Å². The van der Waals surface area contributed by atoms with Gasteiger partial charge in [0.2, 0.25) is 0 Å². The Balaban J connectivity index is 1.22. The third-order valence-electron chi connectivity index (χ3n) is 14.4. The fraction of sp³-hybridized carbons (Fsp3) is 0.100. The van der Waals surface area contributed by atoms with Gasteiger partial charge in [0.25, 0.3) is 0 Å². The summed E-state index contributed by atoms with van der Waals surface area (Å²) in [4.78, 5) is 5.07. The maximum atomic E-state index is 2.54. The van der Waals surface area contributed by atoms with Crippen LogP contribution in [0.25, 0.3) is 54.6 Å². The van der Waals surface area contributed by atoms with Gasteiger partial charge in [0.05, 0.1) is 0 Å². The largest absolute Gasteiger partial charge is 0.311 e. The first kappa shape index (κ1) is 38.7. The number of rotatable bonds is 4. The zero-order valence-electron chi connectivity index (χ0n) is 37.4. The fourth-order valence-electron chi connectivity index (χ4n) is 11.5. The molecule has 2 heterocycles. The molecule has 2 aliphatic heterocycles. The molecule has 2 aliphatic rings. The summed E-state index contributed by atoms with van der Waals surface area (Å²) in [5.41, 5.74) is 15.1. The number of nitrogens with zero attached hydrogens (tertiary/aromatic N) is 2. The zero-order valence-corrected chi connectivity index (χ0v) is 39.4. The second-order valence-corrected chi connectivity index (χ2v) is 27.8. The lowest BCUT2D eigenvalue weighted by atomic mass is 9.83. The van der Waals surface area contributed by atoms with Crippen LogP contribution in [0.3, 0.4) is 0 Å². The second-order valence-electron chi connectivity index (χ2n) is 19.1. The van der Waals surface area contributed by atoms with Crippen LogP contribution in [0.1, 0.15) is 11.1 Å². The standard InChI is InChI=1S/C60H50N2Si2/c1-39-34-40(2)36-42(35-39)59-47-32-30-44(62-53-24-11-15-28-57(53)64(5,6)58-29-16-12-25-54(58)62)38-50(47)60(46-21-17-19-41-18-7-8-20-45(41)46)48-33-31-43(37-49(48)59)61-51-22-9-13-26-55(51)63(3,4)56-27-14-10-23-52(56)61/h7-38H,1-6H3. The molecule has 0 spiro atoms. The van der Waals surface area contributed by atoms with Gasteiger partial charge in [-0.15, -0.1) is 0 Å². The van der Waals surface area contributed by atoms with Crippen molar-refractivity contribution in [1.29, 1.82) is 0 Å². The number of para-hydroxylation sites is 4. The second kappa shape index (κ2) is 14.3. The summed E-state index contributed by atoms with van der Waals surface area (Å²) < 4.78 is 0. The highest BCUT2D eigenvalue weighted by Gasteiger charge is 2.40. The van der Waals surface area contributed by atoms with E-state index in [4.69, 9.17) is 0 Å². The van der Waals surface area contributed by atoms with Gasteiger partial charge in [-0.2, -0.15) is 0 Å². The van der Waals surface area contributed by atoms with Crippen molar-refractivity contribution in [3.05, 3.63) is 205 Å². The molecule has 2 nitrogen and oxygen atoms in total. The van der Waals surface area contributed by atoms with Crippen molar-refractivity contribution < 1.29 is 0 Å². The highest BCUT2D eigenvalue weighted by Crippen LogP contribution is 2.50. The SMILES string of the molecule is Cc1cc(C)cc(-c2c3cc(N4c5ccccc5[Si](C)(C)c5ccccc54)ccc3c(-c3cccc4ccccc34)c3cc(N4c5ccccc5[Si](C)(C)c5ccccc54)ccc23)c1. The molecule has 0 atom stereocenters. The van der Waals surface area contributed by atoms with Crippen LogP contribution >= 0.6 is 0 Å². The minimum Gasteiger partial charge on any atom is -0.311 e. The molecule has 10 aromatic carbocycles. The molecule has 0 fully saturated rings. The van der Waals surface area contributed by atoms with Gasteiger partial charge in [0.15, 0.2) is 0 Å². The Labute approximate surface area is 378 Å². The summed E-state index contributed by atoms with van der Waals surface area (Å²) in [5.74, 6) is 0. The molecular formula is C60H50N2Si2. The molecule has 10 aromatic rings. The average Bonchev–Trinajstić information content (AvgIpc) is 3.30.